The minimum absolute atomic E-state index is 0.207. The highest BCUT2D eigenvalue weighted by molar-refractivity contribution is 6.20. The van der Waals surface area contributed by atoms with Crippen molar-refractivity contribution in [2.75, 3.05) is 13.2 Å². The van der Waals surface area contributed by atoms with E-state index in [0.717, 1.165) is 5.06 Å². The second kappa shape index (κ2) is 3.38. The van der Waals surface area contributed by atoms with Gasteiger partial charge in [-0.1, -0.05) is 12.1 Å². The Kier molecular flexibility index (Phi) is 2.08. The average Bonchev–Trinajstić information content (AvgIpc) is 3.01. The molecule has 0 spiro atoms. The van der Waals surface area contributed by atoms with E-state index in [4.69, 9.17) is 9.57 Å². The fraction of sp³-hybridized carbons (Fsp3) is 0.333. The predicted molar refractivity (Wildman–Crippen MR) is 57.3 cm³/mol. The van der Waals surface area contributed by atoms with Crippen LogP contribution in [-0.2, 0) is 9.57 Å². The van der Waals surface area contributed by atoms with Gasteiger partial charge in [-0.25, -0.2) is 0 Å². The van der Waals surface area contributed by atoms with Gasteiger partial charge in [-0.15, -0.1) is 5.06 Å². The van der Waals surface area contributed by atoms with Gasteiger partial charge >= 0.3 is 0 Å². The Hall–Kier alpha value is -1.72. The highest BCUT2D eigenvalue weighted by Crippen LogP contribution is 2.28. The highest BCUT2D eigenvalue weighted by Gasteiger charge is 2.43. The van der Waals surface area contributed by atoms with Gasteiger partial charge < -0.3 is 4.74 Å². The first-order valence-electron chi connectivity index (χ1n) is 5.35. The molecule has 17 heavy (non-hydrogen) atoms. The predicted octanol–water partition coefficient (Wildman–Crippen LogP) is 1.00. The SMILES string of the molecule is C[C@]1(CON2C(=O)c3ccccc3C2=O)CO1. The molecule has 5 nitrogen and oxygen atoms in total. The summed E-state index contributed by atoms with van der Waals surface area (Å²) < 4.78 is 5.13. The van der Waals surface area contributed by atoms with Crippen LogP contribution >= 0.6 is 0 Å². The Morgan fingerprint density at radius 3 is 2.29 bits per heavy atom. The lowest BCUT2D eigenvalue weighted by Crippen LogP contribution is -2.33. The van der Waals surface area contributed by atoms with E-state index in [1.54, 1.807) is 24.3 Å². The molecule has 2 aliphatic rings. The Morgan fingerprint density at radius 2 is 1.82 bits per heavy atom. The smallest absolute Gasteiger partial charge is 0.285 e. The van der Waals surface area contributed by atoms with Crippen molar-refractivity contribution in [1.82, 2.24) is 5.06 Å². The lowest BCUT2D eigenvalue weighted by atomic mass is 10.1. The molecule has 5 heteroatoms. The zero-order valence-corrected chi connectivity index (χ0v) is 9.30. The molecule has 0 bridgehead atoms. The second-order valence-corrected chi connectivity index (χ2v) is 4.46. The summed E-state index contributed by atoms with van der Waals surface area (Å²) >= 11 is 0. The summed E-state index contributed by atoms with van der Waals surface area (Å²) in [6.07, 6.45) is 0. The maximum atomic E-state index is 11.9. The second-order valence-electron chi connectivity index (χ2n) is 4.46. The van der Waals surface area contributed by atoms with Crippen LogP contribution in [0.25, 0.3) is 0 Å². The normalized spacial score (nSPS) is 26.3. The number of imide groups is 1. The third-order valence-electron chi connectivity index (χ3n) is 2.89. The first kappa shape index (κ1) is 10.4. The molecule has 2 heterocycles. The molecule has 1 saturated heterocycles. The fourth-order valence-electron chi connectivity index (χ4n) is 1.69. The van der Waals surface area contributed by atoms with Crippen LogP contribution in [-0.4, -0.2) is 35.7 Å². The molecule has 88 valence electrons. The standard InChI is InChI=1S/C12H11NO4/c1-12(6-16-12)7-17-13-10(14)8-4-2-3-5-9(8)11(13)15/h2-5H,6-7H2,1H3/t12-/m1/s1. The molecule has 1 aromatic rings. The highest BCUT2D eigenvalue weighted by atomic mass is 16.7. The summed E-state index contributed by atoms with van der Waals surface area (Å²) in [4.78, 5) is 29.0. The summed E-state index contributed by atoms with van der Waals surface area (Å²) in [5.41, 5.74) is 0.425. The van der Waals surface area contributed by atoms with Crippen LogP contribution < -0.4 is 0 Å². The van der Waals surface area contributed by atoms with Gasteiger partial charge in [0.15, 0.2) is 0 Å². The number of nitrogens with zero attached hydrogens (tertiary/aromatic N) is 1. The van der Waals surface area contributed by atoms with Crippen molar-refractivity contribution in [3.05, 3.63) is 35.4 Å². The zero-order chi connectivity index (χ0) is 12.0. The largest absolute Gasteiger partial charge is 0.367 e. The van der Waals surface area contributed by atoms with Crippen molar-refractivity contribution in [2.24, 2.45) is 0 Å². The van der Waals surface area contributed by atoms with Crippen LogP contribution in [0.3, 0.4) is 0 Å². The fourth-order valence-corrected chi connectivity index (χ4v) is 1.69. The number of hydrogen-bond donors (Lipinski definition) is 0. The maximum absolute atomic E-state index is 11.9. The first-order valence-corrected chi connectivity index (χ1v) is 5.35. The van der Waals surface area contributed by atoms with Crippen LogP contribution in [0, 0.1) is 0 Å². The molecule has 0 aliphatic carbocycles. The zero-order valence-electron chi connectivity index (χ0n) is 9.30. The molecule has 1 fully saturated rings. The van der Waals surface area contributed by atoms with Crippen LogP contribution in [0.1, 0.15) is 27.6 Å². The van der Waals surface area contributed by atoms with E-state index >= 15 is 0 Å². The molecule has 2 aliphatic heterocycles. The summed E-state index contributed by atoms with van der Waals surface area (Å²) in [5, 5.41) is 0.817. The third kappa shape index (κ3) is 1.64. The van der Waals surface area contributed by atoms with E-state index in [0.29, 0.717) is 17.7 Å². The van der Waals surface area contributed by atoms with Crippen LogP contribution in [0.4, 0.5) is 0 Å². The number of ether oxygens (including phenoxy) is 1. The van der Waals surface area contributed by atoms with E-state index < -0.39 is 11.8 Å². The van der Waals surface area contributed by atoms with Crippen molar-refractivity contribution in [3.63, 3.8) is 0 Å². The Labute approximate surface area is 97.9 Å². The lowest BCUT2D eigenvalue weighted by Gasteiger charge is -2.14. The number of benzene rings is 1. The van der Waals surface area contributed by atoms with Crippen molar-refractivity contribution >= 4 is 11.8 Å². The van der Waals surface area contributed by atoms with Gasteiger partial charge in [0.1, 0.15) is 12.2 Å². The molecule has 0 N–H and O–H groups in total. The monoisotopic (exact) mass is 233 g/mol. The molecule has 0 unspecified atom stereocenters. The number of epoxide rings is 1. The molecule has 1 aromatic carbocycles. The van der Waals surface area contributed by atoms with Crippen LogP contribution in [0.15, 0.2) is 24.3 Å². The van der Waals surface area contributed by atoms with Gasteiger partial charge in [-0.05, 0) is 19.1 Å². The van der Waals surface area contributed by atoms with Crippen molar-refractivity contribution < 1.29 is 19.2 Å². The molecule has 2 amide bonds. The number of amides is 2. The number of hydroxylamine groups is 2. The number of carbonyl (C=O) groups is 2. The van der Waals surface area contributed by atoms with Crippen molar-refractivity contribution in [3.8, 4) is 0 Å². The van der Waals surface area contributed by atoms with Gasteiger partial charge in [0.25, 0.3) is 11.8 Å². The van der Waals surface area contributed by atoms with Crippen molar-refractivity contribution in [2.45, 2.75) is 12.5 Å². The number of carbonyl (C=O) groups excluding carboxylic acids is 2. The molecular weight excluding hydrogens is 222 g/mol. The average molecular weight is 233 g/mol. The molecule has 3 rings (SSSR count). The van der Waals surface area contributed by atoms with Gasteiger partial charge in [-0.2, -0.15) is 0 Å². The van der Waals surface area contributed by atoms with E-state index in [1.807, 2.05) is 6.92 Å². The van der Waals surface area contributed by atoms with E-state index in [2.05, 4.69) is 0 Å². The quantitative estimate of drug-likeness (QED) is 0.577. The maximum Gasteiger partial charge on any atom is 0.285 e. The molecule has 0 aromatic heterocycles. The first-order chi connectivity index (χ1) is 8.11. The third-order valence-corrected chi connectivity index (χ3v) is 2.89. The molecule has 0 radical (unpaired) electrons. The van der Waals surface area contributed by atoms with Gasteiger partial charge in [0.2, 0.25) is 0 Å². The Morgan fingerprint density at radius 1 is 1.29 bits per heavy atom. The summed E-state index contributed by atoms with van der Waals surface area (Å²) in [5.74, 6) is -0.815. The Bertz CT molecular complexity index is 472. The topological polar surface area (TPSA) is 59.1 Å². The molecular formula is C12H11NO4. The Balaban J connectivity index is 1.80. The molecule has 1 atom stereocenters. The summed E-state index contributed by atoms with van der Waals surface area (Å²) in [7, 11) is 0. The van der Waals surface area contributed by atoms with E-state index in [-0.39, 0.29) is 12.2 Å². The number of hydrogen-bond acceptors (Lipinski definition) is 4. The van der Waals surface area contributed by atoms with Gasteiger partial charge in [0, 0.05) is 0 Å². The minimum Gasteiger partial charge on any atom is -0.367 e. The lowest BCUT2D eigenvalue weighted by molar-refractivity contribution is -0.104. The summed E-state index contributed by atoms with van der Waals surface area (Å²) in [6, 6.07) is 6.68. The van der Waals surface area contributed by atoms with E-state index in [9.17, 15) is 9.59 Å². The van der Waals surface area contributed by atoms with Crippen LogP contribution in [0.5, 0.6) is 0 Å². The summed E-state index contributed by atoms with van der Waals surface area (Å²) in [6.45, 7) is 2.67. The van der Waals surface area contributed by atoms with Crippen LogP contribution in [0.2, 0.25) is 0 Å². The number of fused-ring (bicyclic) bond motifs is 1. The van der Waals surface area contributed by atoms with Gasteiger partial charge in [0.05, 0.1) is 17.7 Å². The van der Waals surface area contributed by atoms with E-state index in [1.165, 1.54) is 0 Å². The molecule has 0 saturated carbocycles. The minimum atomic E-state index is -0.408. The van der Waals surface area contributed by atoms with Gasteiger partial charge in [-0.3, -0.25) is 14.4 Å². The van der Waals surface area contributed by atoms with Crippen molar-refractivity contribution in [1.29, 1.82) is 0 Å². The number of rotatable bonds is 3.